The summed E-state index contributed by atoms with van der Waals surface area (Å²) in [5.41, 5.74) is 3.29. The van der Waals surface area contributed by atoms with E-state index >= 15 is 0 Å². The van der Waals surface area contributed by atoms with Crippen LogP contribution in [-0.4, -0.2) is 42.6 Å². The van der Waals surface area contributed by atoms with E-state index < -0.39 is 0 Å². The van der Waals surface area contributed by atoms with Gasteiger partial charge in [0.1, 0.15) is 0 Å². The Hall–Kier alpha value is -1.26. The van der Waals surface area contributed by atoms with Crippen molar-refractivity contribution in [3.63, 3.8) is 0 Å². The molecule has 1 aliphatic carbocycles. The molecule has 1 saturated heterocycles. The van der Waals surface area contributed by atoms with Crippen molar-refractivity contribution in [1.29, 1.82) is 0 Å². The Morgan fingerprint density at radius 2 is 2.24 bits per heavy atom. The van der Waals surface area contributed by atoms with Crippen LogP contribution >= 0.6 is 12.4 Å². The van der Waals surface area contributed by atoms with Crippen LogP contribution in [0.1, 0.15) is 35.2 Å². The predicted octanol–water partition coefficient (Wildman–Crippen LogP) is 2.47. The minimum atomic E-state index is 0. The van der Waals surface area contributed by atoms with Crippen LogP contribution in [0.4, 0.5) is 5.69 Å². The lowest BCUT2D eigenvalue weighted by atomic mass is 10.0. The second-order valence-corrected chi connectivity index (χ2v) is 5.95. The molecule has 21 heavy (non-hydrogen) atoms. The quantitative estimate of drug-likeness (QED) is 0.866. The molecule has 0 radical (unpaired) electrons. The van der Waals surface area contributed by atoms with Crippen LogP contribution in [0.2, 0.25) is 0 Å². The van der Waals surface area contributed by atoms with Gasteiger partial charge in [-0.05, 0) is 49.4 Å². The fourth-order valence-electron chi connectivity index (χ4n) is 3.78. The molecule has 0 spiro atoms. The number of anilines is 1. The fraction of sp³-hybridized carbons (Fsp3) is 0.562. The Labute approximate surface area is 131 Å². The van der Waals surface area contributed by atoms with Crippen LogP contribution in [0.15, 0.2) is 18.2 Å². The molecule has 2 aliphatic heterocycles. The number of nitrogens with zero attached hydrogens (tertiary/aromatic N) is 1. The van der Waals surface area contributed by atoms with Gasteiger partial charge in [-0.15, -0.1) is 12.4 Å². The van der Waals surface area contributed by atoms with Gasteiger partial charge in [0.2, 0.25) is 0 Å². The molecule has 3 aliphatic rings. The van der Waals surface area contributed by atoms with Crippen LogP contribution < -0.4 is 5.32 Å². The maximum atomic E-state index is 12.8. The zero-order valence-electron chi connectivity index (χ0n) is 12.0. The number of rotatable bonds is 1. The molecule has 1 N–H and O–H groups in total. The zero-order valence-corrected chi connectivity index (χ0v) is 12.8. The number of halogens is 1. The van der Waals surface area contributed by atoms with Gasteiger partial charge in [0.15, 0.2) is 0 Å². The summed E-state index contributed by atoms with van der Waals surface area (Å²) in [5.74, 6) is 0.180. The number of fused-ring (bicyclic) bond motifs is 2. The van der Waals surface area contributed by atoms with Gasteiger partial charge in [0, 0.05) is 24.3 Å². The van der Waals surface area contributed by atoms with Crippen molar-refractivity contribution in [3.05, 3.63) is 29.3 Å². The third-order valence-corrected chi connectivity index (χ3v) is 4.80. The first-order valence-electron chi connectivity index (χ1n) is 7.62. The monoisotopic (exact) mass is 308 g/mol. The number of amides is 1. The first-order valence-corrected chi connectivity index (χ1v) is 7.62. The highest BCUT2D eigenvalue weighted by Crippen LogP contribution is 2.31. The molecule has 0 bridgehead atoms. The van der Waals surface area contributed by atoms with E-state index in [2.05, 4.69) is 11.4 Å². The summed E-state index contributed by atoms with van der Waals surface area (Å²) in [5, 5.41) is 3.34. The molecule has 0 aromatic heterocycles. The smallest absolute Gasteiger partial charge is 0.254 e. The van der Waals surface area contributed by atoms with Gasteiger partial charge in [0.25, 0.3) is 5.91 Å². The van der Waals surface area contributed by atoms with Crippen LogP contribution in [0.3, 0.4) is 0 Å². The van der Waals surface area contributed by atoms with E-state index in [1.54, 1.807) is 0 Å². The highest BCUT2D eigenvalue weighted by atomic mass is 35.5. The van der Waals surface area contributed by atoms with Crippen molar-refractivity contribution in [3.8, 4) is 0 Å². The molecule has 2 atom stereocenters. The molecule has 114 valence electrons. The Balaban J connectivity index is 0.00000132. The van der Waals surface area contributed by atoms with Crippen molar-refractivity contribution in [2.75, 3.05) is 25.0 Å². The molecule has 2 fully saturated rings. The average molecular weight is 309 g/mol. The van der Waals surface area contributed by atoms with E-state index in [1.165, 1.54) is 17.7 Å². The second-order valence-electron chi connectivity index (χ2n) is 5.95. The molecular formula is C16H21ClN2O2. The van der Waals surface area contributed by atoms with Crippen LogP contribution in [0.5, 0.6) is 0 Å². The number of carbonyl (C=O) groups is 1. The molecule has 1 saturated carbocycles. The maximum absolute atomic E-state index is 12.8. The van der Waals surface area contributed by atoms with Crippen molar-refractivity contribution in [1.82, 2.24) is 4.90 Å². The number of hydrogen-bond acceptors (Lipinski definition) is 3. The number of ether oxygens (including phenoxy) is 1. The van der Waals surface area contributed by atoms with Crippen molar-refractivity contribution in [2.24, 2.45) is 0 Å². The Morgan fingerprint density at radius 1 is 1.33 bits per heavy atom. The van der Waals surface area contributed by atoms with E-state index in [4.69, 9.17) is 4.74 Å². The zero-order chi connectivity index (χ0) is 13.5. The summed E-state index contributed by atoms with van der Waals surface area (Å²) in [4.78, 5) is 14.8. The normalized spacial score (nSPS) is 26.6. The molecule has 1 aromatic rings. The largest absolute Gasteiger partial charge is 0.384 e. The molecule has 5 heteroatoms. The first-order chi connectivity index (χ1) is 9.83. The number of carbonyl (C=O) groups excluding carboxylic acids is 1. The summed E-state index contributed by atoms with van der Waals surface area (Å²) < 4.78 is 5.79. The van der Waals surface area contributed by atoms with Crippen molar-refractivity contribution >= 4 is 24.0 Å². The molecule has 4 nitrogen and oxygen atoms in total. The van der Waals surface area contributed by atoms with Crippen molar-refractivity contribution in [2.45, 2.75) is 37.8 Å². The lowest BCUT2D eigenvalue weighted by Gasteiger charge is -2.37. The number of benzene rings is 1. The summed E-state index contributed by atoms with van der Waals surface area (Å²) in [6.45, 7) is 2.39. The third kappa shape index (κ3) is 2.51. The SMILES string of the molecule is Cl.O=C(c1ccc2c(c1)CCN2)N1CCOC2CCCC21. The Kier molecular flexibility index (Phi) is 4.09. The third-order valence-electron chi connectivity index (χ3n) is 4.80. The number of nitrogens with one attached hydrogen (secondary N) is 1. The van der Waals surface area contributed by atoms with Gasteiger partial charge in [0.05, 0.1) is 18.8 Å². The molecular weight excluding hydrogens is 288 g/mol. The Bertz CT molecular complexity index is 549. The van der Waals surface area contributed by atoms with Crippen LogP contribution in [0.25, 0.3) is 0 Å². The molecule has 4 rings (SSSR count). The summed E-state index contributed by atoms with van der Waals surface area (Å²) >= 11 is 0. The van der Waals surface area contributed by atoms with E-state index in [0.717, 1.165) is 37.9 Å². The number of morpholine rings is 1. The van der Waals surface area contributed by atoms with Crippen molar-refractivity contribution < 1.29 is 9.53 Å². The van der Waals surface area contributed by atoms with E-state index in [1.807, 2.05) is 17.0 Å². The minimum absolute atomic E-state index is 0. The highest BCUT2D eigenvalue weighted by Gasteiger charge is 2.38. The van der Waals surface area contributed by atoms with Crippen LogP contribution in [0, 0.1) is 0 Å². The Morgan fingerprint density at radius 3 is 3.14 bits per heavy atom. The van der Waals surface area contributed by atoms with Gasteiger partial charge < -0.3 is 15.0 Å². The molecule has 2 heterocycles. The molecule has 2 unspecified atom stereocenters. The summed E-state index contributed by atoms with van der Waals surface area (Å²) in [7, 11) is 0. The van der Waals surface area contributed by atoms with E-state index in [9.17, 15) is 4.79 Å². The first kappa shape index (κ1) is 14.7. The van der Waals surface area contributed by atoms with Gasteiger partial charge in [-0.3, -0.25) is 4.79 Å². The second kappa shape index (κ2) is 5.85. The summed E-state index contributed by atoms with van der Waals surface area (Å²) in [6.07, 6.45) is 4.65. The highest BCUT2D eigenvalue weighted by molar-refractivity contribution is 5.95. The van der Waals surface area contributed by atoms with Gasteiger partial charge in [-0.1, -0.05) is 0 Å². The van der Waals surface area contributed by atoms with E-state index in [-0.39, 0.29) is 24.4 Å². The predicted molar refractivity (Wildman–Crippen MR) is 84.3 cm³/mol. The maximum Gasteiger partial charge on any atom is 0.254 e. The summed E-state index contributed by atoms with van der Waals surface area (Å²) in [6, 6.07) is 6.36. The lowest BCUT2D eigenvalue weighted by molar-refractivity contribution is -0.0445. The fourth-order valence-corrected chi connectivity index (χ4v) is 3.78. The van der Waals surface area contributed by atoms with Crippen LogP contribution in [-0.2, 0) is 11.2 Å². The van der Waals surface area contributed by atoms with Gasteiger partial charge in [-0.2, -0.15) is 0 Å². The minimum Gasteiger partial charge on any atom is -0.384 e. The van der Waals surface area contributed by atoms with E-state index in [0.29, 0.717) is 12.6 Å². The lowest BCUT2D eigenvalue weighted by Crippen LogP contribution is -2.51. The topological polar surface area (TPSA) is 41.6 Å². The van der Waals surface area contributed by atoms with Gasteiger partial charge in [-0.25, -0.2) is 0 Å². The molecule has 1 amide bonds. The average Bonchev–Trinajstić information content (AvgIpc) is 3.13. The molecule has 1 aromatic carbocycles. The standard InChI is InChI=1S/C16H20N2O2.ClH/c19-16(12-4-5-13-11(10-12)6-7-17-13)18-8-9-20-15-3-1-2-14(15)18;/h4-5,10,14-15,17H,1-3,6-9H2;1H. The van der Waals surface area contributed by atoms with Gasteiger partial charge >= 0.3 is 0 Å². The number of hydrogen-bond donors (Lipinski definition) is 1.